The van der Waals surface area contributed by atoms with E-state index in [9.17, 15) is 4.79 Å². The summed E-state index contributed by atoms with van der Waals surface area (Å²) in [7, 11) is 0. The number of aryl methyl sites for hydroxylation is 2. The zero-order chi connectivity index (χ0) is 22.3. The first-order valence-electron chi connectivity index (χ1n) is 11.6. The molecule has 32 heavy (non-hydrogen) atoms. The summed E-state index contributed by atoms with van der Waals surface area (Å²) >= 11 is 0. The van der Waals surface area contributed by atoms with Crippen LogP contribution in [0, 0.1) is 12.8 Å². The lowest BCUT2D eigenvalue weighted by Crippen LogP contribution is -2.43. The van der Waals surface area contributed by atoms with Crippen LogP contribution in [0.2, 0.25) is 0 Å². The van der Waals surface area contributed by atoms with Crippen molar-refractivity contribution in [2.45, 2.75) is 45.6 Å². The number of hydrogen-bond acceptors (Lipinski definition) is 4. The molecule has 3 aromatic rings. The van der Waals surface area contributed by atoms with Crippen LogP contribution in [0.3, 0.4) is 0 Å². The van der Waals surface area contributed by atoms with Gasteiger partial charge in [-0.1, -0.05) is 60.2 Å². The van der Waals surface area contributed by atoms with Crippen LogP contribution in [0.1, 0.15) is 37.3 Å². The van der Waals surface area contributed by atoms with Crippen molar-refractivity contribution in [2.24, 2.45) is 5.92 Å². The van der Waals surface area contributed by atoms with Crippen LogP contribution in [-0.4, -0.2) is 35.0 Å². The third-order valence-corrected chi connectivity index (χ3v) is 6.24. The molecule has 1 N–H and O–H groups in total. The minimum absolute atomic E-state index is 0.0730. The maximum absolute atomic E-state index is 12.8. The number of rotatable bonds is 7. The van der Waals surface area contributed by atoms with Crippen molar-refractivity contribution >= 4 is 11.7 Å². The average Bonchev–Trinajstić information content (AvgIpc) is 2.84. The fourth-order valence-electron chi connectivity index (χ4n) is 4.20. The second-order valence-electron chi connectivity index (χ2n) is 8.80. The van der Waals surface area contributed by atoms with Crippen LogP contribution in [0.25, 0.3) is 11.4 Å². The van der Waals surface area contributed by atoms with E-state index in [0.29, 0.717) is 0 Å². The molecule has 5 nitrogen and oxygen atoms in total. The zero-order valence-corrected chi connectivity index (χ0v) is 19.0. The molecule has 5 heteroatoms. The number of hydrogen-bond donors (Lipinski definition) is 1. The number of piperidine rings is 1. The number of amides is 1. The van der Waals surface area contributed by atoms with E-state index in [2.05, 4.69) is 77.6 Å². The Labute approximate surface area is 190 Å². The molecule has 1 amide bonds. The third kappa shape index (κ3) is 5.72. The van der Waals surface area contributed by atoms with Crippen LogP contribution in [0.4, 0.5) is 5.82 Å². The quantitative estimate of drug-likeness (QED) is 0.587. The zero-order valence-electron chi connectivity index (χ0n) is 19.0. The summed E-state index contributed by atoms with van der Waals surface area (Å²) in [5.41, 5.74) is 3.56. The van der Waals surface area contributed by atoms with Gasteiger partial charge < -0.3 is 10.2 Å². The molecule has 1 aromatic heterocycles. The Morgan fingerprint density at radius 3 is 2.50 bits per heavy atom. The number of nitrogens with zero attached hydrogens (tertiary/aromatic N) is 3. The van der Waals surface area contributed by atoms with Gasteiger partial charge in [0, 0.05) is 36.8 Å². The Morgan fingerprint density at radius 2 is 1.78 bits per heavy atom. The van der Waals surface area contributed by atoms with E-state index in [4.69, 9.17) is 4.98 Å². The highest BCUT2D eigenvalue weighted by Gasteiger charge is 2.26. The molecule has 0 spiro atoms. The minimum atomic E-state index is 0.0730. The predicted molar refractivity (Wildman–Crippen MR) is 130 cm³/mol. The molecule has 1 atom stereocenters. The molecule has 0 saturated carbocycles. The molecule has 0 radical (unpaired) electrons. The number of anilines is 1. The molecule has 166 valence electrons. The highest BCUT2D eigenvalue weighted by Crippen LogP contribution is 2.24. The summed E-state index contributed by atoms with van der Waals surface area (Å²) in [6.07, 6.45) is 5.46. The Morgan fingerprint density at radius 1 is 1.06 bits per heavy atom. The van der Waals surface area contributed by atoms with Gasteiger partial charge in [-0.05, 0) is 51.2 Å². The molecule has 0 aliphatic carbocycles. The van der Waals surface area contributed by atoms with Crippen molar-refractivity contribution in [1.82, 2.24) is 15.3 Å². The Bertz CT molecular complexity index is 1010. The summed E-state index contributed by atoms with van der Waals surface area (Å²) < 4.78 is 0. The van der Waals surface area contributed by atoms with Gasteiger partial charge in [0.15, 0.2) is 5.82 Å². The first-order valence-corrected chi connectivity index (χ1v) is 11.6. The molecule has 1 fully saturated rings. The minimum Gasteiger partial charge on any atom is -0.356 e. The monoisotopic (exact) mass is 428 g/mol. The summed E-state index contributed by atoms with van der Waals surface area (Å²) in [5, 5.41) is 3.23. The molecule has 1 saturated heterocycles. The van der Waals surface area contributed by atoms with Gasteiger partial charge in [0.1, 0.15) is 5.82 Å². The number of benzene rings is 2. The van der Waals surface area contributed by atoms with Gasteiger partial charge in [0.05, 0.1) is 0 Å². The standard InChI is InChI=1S/C27H32N4O/c1-20-8-12-23(13-9-20)26-28-17-14-25(30-26)31-18-15-24(16-19-31)27(32)29-21(2)10-11-22-6-4-3-5-7-22/h3-9,12-14,17,21,24H,10-11,15-16,18-19H2,1-2H3,(H,29,32)/t21-/m0/s1. The SMILES string of the molecule is Cc1ccc(-c2nccc(N3CCC(C(=O)N[C@@H](C)CCc4ccccc4)CC3)n2)cc1. The van der Waals surface area contributed by atoms with Crippen molar-refractivity contribution in [3.8, 4) is 11.4 Å². The molecular weight excluding hydrogens is 396 g/mol. The van der Waals surface area contributed by atoms with Crippen LogP contribution >= 0.6 is 0 Å². The van der Waals surface area contributed by atoms with Gasteiger partial charge in [-0.25, -0.2) is 9.97 Å². The maximum atomic E-state index is 12.8. The lowest BCUT2D eigenvalue weighted by atomic mass is 9.95. The van der Waals surface area contributed by atoms with E-state index in [1.807, 2.05) is 18.3 Å². The van der Waals surface area contributed by atoms with Gasteiger partial charge in [0.2, 0.25) is 5.91 Å². The number of aromatic nitrogens is 2. The molecule has 2 aromatic carbocycles. The van der Waals surface area contributed by atoms with E-state index in [1.54, 1.807) is 0 Å². The van der Waals surface area contributed by atoms with Crippen LogP contribution in [-0.2, 0) is 11.2 Å². The number of carbonyl (C=O) groups excluding carboxylic acids is 1. The second-order valence-corrected chi connectivity index (χ2v) is 8.80. The van der Waals surface area contributed by atoms with Crippen molar-refractivity contribution in [3.63, 3.8) is 0 Å². The molecule has 0 bridgehead atoms. The highest BCUT2D eigenvalue weighted by molar-refractivity contribution is 5.79. The van der Waals surface area contributed by atoms with Gasteiger partial charge in [0.25, 0.3) is 0 Å². The highest BCUT2D eigenvalue weighted by atomic mass is 16.1. The Kier molecular flexibility index (Phi) is 7.15. The summed E-state index contributed by atoms with van der Waals surface area (Å²) in [6, 6.07) is 20.9. The summed E-state index contributed by atoms with van der Waals surface area (Å²) in [5.74, 6) is 1.94. The van der Waals surface area contributed by atoms with Gasteiger partial charge in [-0.15, -0.1) is 0 Å². The Balaban J connectivity index is 1.28. The fourth-order valence-corrected chi connectivity index (χ4v) is 4.20. The molecule has 1 aliphatic heterocycles. The number of carbonyl (C=O) groups is 1. The van der Waals surface area contributed by atoms with Crippen LogP contribution in [0.5, 0.6) is 0 Å². The maximum Gasteiger partial charge on any atom is 0.223 e. The third-order valence-electron chi connectivity index (χ3n) is 6.24. The van der Waals surface area contributed by atoms with Gasteiger partial charge in [-0.3, -0.25) is 4.79 Å². The summed E-state index contributed by atoms with van der Waals surface area (Å²) in [4.78, 5) is 24.3. The number of nitrogens with one attached hydrogen (secondary N) is 1. The van der Waals surface area contributed by atoms with E-state index in [-0.39, 0.29) is 17.9 Å². The summed E-state index contributed by atoms with van der Waals surface area (Å²) in [6.45, 7) is 5.84. The van der Waals surface area contributed by atoms with Crippen LogP contribution < -0.4 is 10.2 Å². The van der Waals surface area contributed by atoms with Crippen molar-refractivity contribution in [1.29, 1.82) is 0 Å². The van der Waals surface area contributed by atoms with E-state index in [0.717, 1.165) is 56.0 Å². The fraction of sp³-hybridized carbons (Fsp3) is 0.370. The smallest absolute Gasteiger partial charge is 0.223 e. The normalized spacial score (nSPS) is 15.4. The van der Waals surface area contributed by atoms with Crippen LogP contribution in [0.15, 0.2) is 66.9 Å². The lowest BCUT2D eigenvalue weighted by Gasteiger charge is -2.32. The average molecular weight is 429 g/mol. The molecule has 2 heterocycles. The molecule has 1 aliphatic rings. The van der Waals surface area contributed by atoms with Gasteiger partial charge in [-0.2, -0.15) is 0 Å². The molecule has 4 rings (SSSR count). The largest absolute Gasteiger partial charge is 0.356 e. The Hall–Kier alpha value is -3.21. The van der Waals surface area contributed by atoms with Crippen molar-refractivity contribution in [3.05, 3.63) is 78.0 Å². The van der Waals surface area contributed by atoms with Crippen molar-refractivity contribution in [2.75, 3.05) is 18.0 Å². The topological polar surface area (TPSA) is 58.1 Å². The first kappa shape index (κ1) is 22.0. The van der Waals surface area contributed by atoms with Crippen molar-refractivity contribution < 1.29 is 4.79 Å². The second kappa shape index (κ2) is 10.4. The lowest BCUT2D eigenvalue weighted by molar-refractivity contribution is -0.126. The van der Waals surface area contributed by atoms with E-state index >= 15 is 0 Å². The molecule has 0 unspecified atom stereocenters. The van der Waals surface area contributed by atoms with Gasteiger partial charge >= 0.3 is 0 Å². The van der Waals surface area contributed by atoms with E-state index in [1.165, 1.54) is 11.1 Å². The first-order chi connectivity index (χ1) is 15.6. The molecular formula is C27H32N4O. The predicted octanol–water partition coefficient (Wildman–Crippen LogP) is 4.81. The van der Waals surface area contributed by atoms with E-state index < -0.39 is 0 Å².